The minimum Gasteiger partial charge on any atom is -0.350 e. The minimum atomic E-state index is -0.299. The van der Waals surface area contributed by atoms with E-state index in [1.807, 2.05) is 36.4 Å². The molecule has 1 rings (SSSR count). The van der Waals surface area contributed by atoms with Crippen LogP contribution in [0.2, 0.25) is 0 Å². The summed E-state index contributed by atoms with van der Waals surface area (Å²) in [5, 5.41) is 2.74. The van der Waals surface area contributed by atoms with E-state index in [2.05, 4.69) is 5.32 Å². The fourth-order valence-corrected chi connectivity index (χ4v) is 1.50. The average molecular weight is 307 g/mol. The fourth-order valence-electron chi connectivity index (χ4n) is 0.983. The van der Waals surface area contributed by atoms with E-state index in [1.165, 1.54) is 18.2 Å². The summed E-state index contributed by atoms with van der Waals surface area (Å²) in [6.45, 7) is 3.76. The van der Waals surface area contributed by atoms with Crippen molar-refractivity contribution < 1.29 is 9.18 Å². The highest BCUT2D eigenvalue weighted by atomic mass is 127. The van der Waals surface area contributed by atoms with Crippen molar-refractivity contribution in [1.82, 2.24) is 5.32 Å². The van der Waals surface area contributed by atoms with Gasteiger partial charge in [0.25, 0.3) is 5.91 Å². The molecule has 0 aliphatic rings. The van der Waals surface area contributed by atoms with Crippen LogP contribution in [-0.4, -0.2) is 11.9 Å². The molecular formula is C10H11FINO. The summed E-state index contributed by atoms with van der Waals surface area (Å²) in [7, 11) is 0. The number of rotatable bonds is 2. The van der Waals surface area contributed by atoms with Gasteiger partial charge in [-0.2, -0.15) is 0 Å². The molecule has 2 nitrogen and oxygen atoms in total. The molecular weight excluding hydrogens is 296 g/mol. The van der Waals surface area contributed by atoms with Crippen LogP contribution >= 0.6 is 22.6 Å². The molecule has 0 spiro atoms. The fraction of sp³-hybridized carbons (Fsp3) is 0.300. The predicted octanol–water partition coefficient (Wildman–Crippen LogP) is 2.57. The Hall–Kier alpha value is -0.650. The van der Waals surface area contributed by atoms with Crippen LogP contribution < -0.4 is 5.32 Å². The first-order chi connectivity index (χ1) is 6.50. The lowest BCUT2D eigenvalue weighted by Gasteiger charge is -2.08. The quantitative estimate of drug-likeness (QED) is 0.836. The number of halogens is 2. The second kappa shape index (κ2) is 4.72. The summed E-state index contributed by atoms with van der Waals surface area (Å²) in [4.78, 5) is 11.5. The maximum absolute atomic E-state index is 12.9. The van der Waals surface area contributed by atoms with Gasteiger partial charge in [-0.3, -0.25) is 4.79 Å². The molecule has 0 aliphatic heterocycles. The summed E-state index contributed by atoms with van der Waals surface area (Å²) < 4.78 is 13.3. The van der Waals surface area contributed by atoms with Crippen LogP contribution in [-0.2, 0) is 0 Å². The van der Waals surface area contributed by atoms with Gasteiger partial charge < -0.3 is 5.32 Å². The maximum atomic E-state index is 12.9. The van der Waals surface area contributed by atoms with Gasteiger partial charge in [-0.15, -0.1) is 0 Å². The highest BCUT2D eigenvalue weighted by molar-refractivity contribution is 14.1. The van der Waals surface area contributed by atoms with Gasteiger partial charge >= 0.3 is 0 Å². The van der Waals surface area contributed by atoms with Crippen LogP contribution in [0.25, 0.3) is 0 Å². The molecule has 4 heteroatoms. The predicted molar refractivity (Wildman–Crippen MR) is 61.7 cm³/mol. The Morgan fingerprint density at radius 1 is 1.50 bits per heavy atom. The number of benzene rings is 1. The van der Waals surface area contributed by atoms with E-state index in [9.17, 15) is 9.18 Å². The number of hydrogen-bond donors (Lipinski definition) is 1. The Kier molecular flexibility index (Phi) is 3.86. The highest BCUT2D eigenvalue weighted by Crippen LogP contribution is 2.12. The highest BCUT2D eigenvalue weighted by Gasteiger charge is 2.08. The van der Waals surface area contributed by atoms with E-state index in [0.29, 0.717) is 9.13 Å². The van der Waals surface area contributed by atoms with Gasteiger partial charge in [0, 0.05) is 15.2 Å². The van der Waals surface area contributed by atoms with Crippen molar-refractivity contribution in [1.29, 1.82) is 0 Å². The topological polar surface area (TPSA) is 29.1 Å². The summed E-state index contributed by atoms with van der Waals surface area (Å²) in [6, 6.07) is 4.41. The number of carbonyl (C=O) groups is 1. The van der Waals surface area contributed by atoms with E-state index < -0.39 is 0 Å². The third kappa shape index (κ3) is 2.94. The first-order valence-corrected chi connectivity index (χ1v) is 5.34. The Morgan fingerprint density at radius 3 is 2.64 bits per heavy atom. The molecule has 76 valence electrons. The second-order valence-corrected chi connectivity index (χ2v) is 4.42. The molecule has 0 atom stereocenters. The Morgan fingerprint density at radius 2 is 2.14 bits per heavy atom. The molecule has 0 radical (unpaired) electrons. The van der Waals surface area contributed by atoms with Crippen molar-refractivity contribution in [3.63, 3.8) is 0 Å². The van der Waals surface area contributed by atoms with Gasteiger partial charge in [0.05, 0.1) is 0 Å². The van der Waals surface area contributed by atoms with Crippen molar-refractivity contribution in [2.75, 3.05) is 0 Å². The van der Waals surface area contributed by atoms with Crippen molar-refractivity contribution in [3.05, 3.63) is 33.1 Å². The Bertz CT molecular complexity index is 352. The average Bonchev–Trinajstić information content (AvgIpc) is 2.08. The van der Waals surface area contributed by atoms with E-state index >= 15 is 0 Å². The molecule has 1 amide bonds. The second-order valence-electron chi connectivity index (χ2n) is 3.26. The lowest BCUT2D eigenvalue weighted by molar-refractivity contribution is 0.0943. The summed E-state index contributed by atoms with van der Waals surface area (Å²) in [5.74, 6) is -0.468. The van der Waals surface area contributed by atoms with Gasteiger partial charge in [0.15, 0.2) is 0 Å². The molecule has 14 heavy (non-hydrogen) atoms. The molecule has 0 saturated heterocycles. The maximum Gasteiger partial charge on any atom is 0.251 e. The molecule has 1 aromatic rings. The molecule has 0 saturated carbocycles. The van der Waals surface area contributed by atoms with Crippen molar-refractivity contribution in [2.45, 2.75) is 19.9 Å². The van der Waals surface area contributed by atoms with Gasteiger partial charge in [-0.05, 0) is 54.6 Å². The zero-order valence-electron chi connectivity index (χ0n) is 7.97. The standard InChI is InChI=1S/C10H11FINO/c1-6(2)13-10(14)7-3-4-8(11)9(12)5-7/h3-6H,1-2H3,(H,13,14). The van der Waals surface area contributed by atoms with E-state index in [-0.39, 0.29) is 17.8 Å². The van der Waals surface area contributed by atoms with Gasteiger partial charge in [0.1, 0.15) is 5.82 Å². The van der Waals surface area contributed by atoms with Crippen LogP contribution in [0.4, 0.5) is 4.39 Å². The number of carbonyl (C=O) groups excluding carboxylic acids is 1. The van der Waals surface area contributed by atoms with Gasteiger partial charge in [-0.25, -0.2) is 4.39 Å². The SMILES string of the molecule is CC(C)NC(=O)c1ccc(F)c(I)c1. The Labute approximate surface area is 96.0 Å². The van der Waals surface area contributed by atoms with Crippen LogP contribution in [0.3, 0.4) is 0 Å². The van der Waals surface area contributed by atoms with E-state index in [0.717, 1.165) is 0 Å². The normalized spacial score (nSPS) is 10.4. The third-order valence-corrected chi connectivity index (χ3v) is 2.43. The third-order valence-electron chi connectivity index (χ3n) is 1.60. The molecule has 1 N–H and O–H groups in total. The summed E-state index contributed by atoms with van der Waals surface area (Å²) in [5.41, 5.74) is 0.490. The van der Waals surface area contributed by atoms with Gasteiger partial charge in [0.2, 0.25) is 0 Å². The van der Waals surface area contributed by atoms with Crippen LogP contribution in [0, 0.1) is 9.39 Å². The summed E-state index contributed by atoms with van der Waals surface area (Å²) in [6.07, 6.45) is 0. The smallest absolute Gasteiger partial charge is 0.251 e. The Balaban J connectivity index is 2.86. The van der Waals surface area contributed by atoms with Crippen molar-refractivity contribution in [2.24, 2.45) is 0 Å². The molecule has 0 bridgehead atoms. The zero-order valence-corrected chi connectivity index (χ0v) is 10.1. The van der Waals surface area contributed by atoms with Crippen molar-refractivity contribution >= 4 is 28.5 Å². The molecule has 0 fully saturated rings. The first kappa shape index (κ1) is 11.4. The molecule has 0 aromatic heterocycles. The lowest BCUT2D eigenvalue weighted by atomic mass is 10.2. The number of hydrogen-bond acceptors (Lipinski definition) is 1. The van der Waals surface area contributed by atoms with E-state index in [1.54, 1.807) is 0 Å². The first-order valence-electron chi connectivity index (χ1n) is 4.26. The molecule has 0 aliphatic carbocycles. The lowest BCUT2D eigenvalue weighted by Crippen LogP contribution is -2.30. The monoisotopic (exact) mass is 307 g/mol. The molecule has 0 unspecified atom stereocenters. The van der Waals surface area contributed by atoms with Gasteiger partial charge in [-0.1, -0.05) is 0 Å². The largest absolute Gasteiger partial charge is 0.350 e. The zero-order chi connectivity index (χ0) is 10.7. The van der Waals surface area contributed by atoms with Crippen LogP contribution in [0.1, 0.15) is 24.2 Å². The summed E-state index contributed by atoms with van der Waals surface area (Å²) >= 11 is 1.86. The molecule has 0 heterocycles. The van der Waals surface area contributed by atoms with Crippen molar-refractivity contribution in [3.8, 4) is 0 Å². The van der Waals surface area contributed by atoms with Crippen LogP contribution in [0.5, 0.6) is 0 Å². The number of amides is 1. The number of nitrogens with one attached hydrogen (secondary N) is 1. The van der Waals surface area contributed by atoms with E-state index in [4.69, 9.17) is 0 Å². The minimum absolute atomic E-state index is 0.0882. The van der Waals surface area contributed by atoms with Crippen LogP contribution in [0.15, 0.2) is 18.2 Å². The molecule has 1 aromatic carbocycles.